The Morgan fingerprint density at radius 3 is 2.53 bits per heavy atom. The van der Waals surface area contributed by atoms with Crippen molar-refractivity contribution in [2.75, 3.05) is 25.1 Å². The number of carbonyl (C=O) groups is 1. The topological polar surface area (TPSA) is 80.5 Å². The van der Waals surface area contributed by atoms with Crippen LogP contribution in [0, 0.1) is 11.8 Å². The maximum Gasteiger partial charge on any atom is 0.226 e. The van der Waals surface area contributed by atoms with Crippen LogP contribution in [0.2, 0.25) is 0 Å². The molecule has 2 rings (SSSR count). The molecule has 0 spiro atoms. The molecule has 3 atom stereocenters. The maximum absolute atomic E-state index is 12.4. The van der Waals surface area contributed by atoms with E-state index in [0.717, 1.165) is 19.3 Å². The first-order valence-electron chi connectivity index (χ1n) is 6.62. The van der Waals surface area contributed by atoms with E-state index < -0.39 is 9.84 Å². The molecule has 5 nitrogen and oxygen atoms in total. The lowest BCUT2D eigenvalue weighted by Crippen LogP contribution is -2.43. The van der Waals surface area contributed by atoms with Crippen molar-refractivity contribution in [3.8, 4) is 0 Å². The van der Waals surface area contributed by atoms with Crippen molar-refractivity contribution >= 4 is 28.2 Å². The van der Waals surface area contributed by atoms with Crippen LogP contribution in [0.5, 0.6) is 0 Å². The lowest BCUT2D eigenvalue weighted by Gasteiger charge is -2.28. The smallest absolute Gasteiger partial charge is 0.226 e. The van der Waals surface area contributed by atoms with Crippen LogP contribution in [0.3, 0.4) is 0 Å². The molecule has 19 heavy (non-hydrogen) atoms. The summed E-state index contributed by atoms with van der Waals surface area (Å²) < 4.78 is 22.9. The highest BCUT2D eigenvalue weighted by atomic mass is 35.5. The molecule has 0 aromatic heterocycles. The number of sulfone groups is 1. The van der Waals surface area contributed by atoms with Crippen molar-refractivity contribution in [2.45, 2.75) is 31.7 Å². The average molecular weight is 311 g/mol. The highest BCUT2D eigenvalue weighted by molar-refractivity contribution is 7.91. The van der Waals surface area contributed by atoms with Crippen molar-refractivity contribution in [3.05, 3.63) is 0 Å². The third kappa shape index (κ3) is 3.61. The number of nitrogens with zero attached hydrogens (tertiary/aromatic N) is 1. The van der Waals surface area contributed by atoms with Gasteiger partial charge in [0.2, 0.25) is 5.91 Å². The van der Waals surface area contributed by atoms with E-state index in [2.05, 4.69) is 0 Å². The molecule has 2 N–H and O–H groups in total. The fourth-order valence-corrected chi connectivity index (χ4v) is 4.94. The molecule has 112 valence electrons. The fraction of sp³-hybridized carbons (Fsp3) is 0.917. The SMILES string of the molecule is CN(C(=O)[C@@H]1CCC[C@@H]1CN)C1CCS(=O)(=O)C1.Cl. The predicted molar refractivity (Wildman–Crippen MR) is 77.0 cm³/mol. The lowest BCUT2D eigenvalue weighted by atomic mass is 9.94. The Morgan fingerprint density at radius 1 is 1.32 bits per heavy atom. The van der Waals surface area contributed by atoms with Gasteiger partial charge in [0.25, 0.3) is 0 Å². The molecule has 0 aromatic carbocycles. The minimum absolute atomic E-state index is 0. The van der Waals surface area contributed by atoms with Gasteiger partial charge < -0.3 is 10.6 Å². The quantitative estimate of drug-likeness (QED) is 0.819. The normalized spacial score (nSPS) is 32.8. The van der Waals surface area contributed by atoms with Crippen molar-refractivity contribution < 1.29 is 13.2 Å². The van der Waals surface area contributed by atoms with Gasteiger partial charge in [-0.2, -0.15) is 0 Å². The van der Waals surface area contributed by atoms with Gasteiger partial charge in [-0.05, 0) is 31.7 Å². The lowest BCUT2D eigenvalue weighted by molar-refractivity contribution is -0.136. The summed E-state index contributed by atoms with van der Waals surface area (Å²) in [4.78, 5) is 14.0. The predicted octanol–water partition coefficient (Wildman–Crippen LogP) is 0.429. The fourth-order valence-electron chi connectivity index (χ4n) is 3.17. The second-order valence-electron chi connectivity index (χ2n) is 5.54. The molecule has 0 radical (unpaired) electrons. The Kier molecular flexibility index (Phi) is 5.65. The highest BCUT2D eigenvalue weighted by Gasteiger charge is 2.38. The van der Waals surface area contributed by atoms with Crippen LogP contribution in [0.25, 0.3) is 0 Å². The first-order chi connectivity index (χ1) is 8.44. The van der Waals surface area contributed by atoms with Gasteiger partial charge in [0.1, 0.15) is 0 Å². The van der Waals surface area contributed by atoms with E-state index in [-0.39, 0.29) is 47.7 Å². The number of carbonyl (C=O) groups excluding carboxylic acids is 1. The van der Waals surface area contributed by atoms with Crippen LogP contribution in [0.15, 0.2) is 0 Å². The van der Waals surface area contributed by atoms with Crippen molar-refractivity contribution in [1.82, 2.24) is 4.90 Å². The van der Waals surface area contributed by atoms with Crippen LogP contribution >= 0.6 is 12.4 Å². The minimum atomic E-state index is -2.94. The molecule has 0 aromatic rings. The van der Waals surface area contributed by atoms with E-state index in [9.17, 15) is 13.2 Å². The molecule has 7 heteroatoms. The van der Waals surface area contributed by atoms with E-state index >= 15 is 0 Å². The molecular formula is C12H23ClN2O3S. The summed E-state index contributed by atoms with van der Waals surface area (Å²) in [5.41, 5.74) is 5.69. The largest absolute Gasteiger partial charge is 0.341 e. The zero-order chi connectivity index (χ0) is 13.3. The molecule has 1 saturated heterocycles. The van der Waals surface area contributed by atoms with Crippen molar-refractivity contribution in [2.24, 2.45) is 17.6 Å². The summed E-state index contributed by atoms with van der Waals surface area (Å²) in [6.07, 6.45) is 3.54. The first-order valence-corrected chi connectivity index (χ1v) is 8.44. The van der Waals surface area contributed by atoms with Gasteiger partial charge in [0, 0.05) is 19.0 Å². The molecule has 0 bridgehead atoms. The zero-order valence-electron chi connectivity index (χ0n) is 11.2. The van der Waals surface area contributed by atoms with Crippen molar-refractivity contribution in [3.63, 3.8) is 0 Å². The van der Waals surface area contributed by atoms with Crippen LogP contribution in [-0.2, 0) is 14.6 Å². The second kappa shape index (κ2) is 6.41. The summed E-state index contributed by atoms with van der Waals surface area (Å²) >= 11 is 0. The monoisotopic (exact) mass is 310 g/mol. The molecule has 1 unspecified atom stereocenters. The van der Waals surface area contributed by atoms with Crippen LogP contribution < -0.4 is 5.73 Å². The van der Waals surface area contributed by atoms with Gasteiger partial charge in [0.15, 0.2) is 9.84 Å². The number of hydrogen-bond acceptors (Lipinski definition) is 4. The number of nitrogens with two attached hydrogens (primary N) is 1. The van der Waals surface area contributed by atoms with E-state index in [1.807, 2.05) is 0 Å². The van der Waals surface area contributed by atoms with E-state index in [0.29, 0.717) is 13.0 Å². The molecule has 2 aliphatic rings. The van der Waals surface area contributed by atoms with Crippen molar-refractivity contribution in [1.29, 1.82) is 0 Å². The summed E-state index contributed by atoms with van der Waals surface area (Å²) in [5.74, 6) is 0.696. The van der Waals surface area contributed by atoms with Gasteiger partial charge in [0.05, 0.1) is 11.5 Å². The summed E-state index contributed by atoms with van der Waals surface area (Å²) in [6.45, 7) is 0.549. The number of rotatable bonds is 3. The average Bonchev–Trinajstić information content (AvgIpc) is 2.92. The summed E-state index contributed by atoms with van der Waals surface area (Å²) in [6, 6.07) is -0.137. The Hall–Kier alpha value is -0.330. The zero-order valence-corrected chi connectivity index (χ0v) is 12.9. The molecule has 1 aliphatic heterocycles. The van der Waals surface area contributed by atoms with E-state index in [1.165, 1.54) is 0 Å². The van der Waals surface area contributed by atoms with Gasteiger partial charge in [-0.1, -0.05) is 6.42 Å². The van der Waals surface area contributed by atoms with Crippen LogP contribution in [0.4, 0.5) is 0 Å². The Morgan fingerprint density at radius 2 is 2.00 bits per heavy atom. The molecule has 1 aliphatic carbocycles. The molecule has 1 amide bonds. The number of hydrogen-bond donors (Lipinski definition) is 1. The van der Waals surface area contributed by atoms with Crippen LogP contribution in [-0.4, -0.2) is 50.4 Å². The Balaban J connectivity index is 0.00000180. The minimum Gasteiger partial charge on any atom is -0.341 e. The number of amides is 1. The van der Waals surface area contributed by atoms with Gasteiger partial charge >= 0.3 is 0 Å². The summed E-state index contributed by atoms with van der Waals surface area (Å²) in [5, 5.41) is 0. The summed E-state index contributed by atoms with van der Waals surface area (Å²) in [7, 11) is -1.20. The van der Waals surface area contributed by atoms with Gasteiger partial charge in [-0.3, -0.25) is 4.79 Å². The molecule has 1 saturated carbocycles. The van der Waals surface area contributed by atoms with Crippen LogP contribution in [0.1, 0.15) is 25.7 Å². The third-order valence-corrected chi connectivity index (χ3v) is 6.13. The number of halogens is 1. The highest BCUT2D eigenvalue weighted by Crippen LogP contribution is 2.33. The standard InChI is InChI=1S/C12H22N2O3S.ClH/c1-14(10-5-6-18(16,17)8-10)12(15)11-4-2-3-9(11)7-13;/h9-11H,2-8,13H2,1H3;1H/t9-,10?,11-;/m1./s1. The maximum atomic E-state index is 12.4. The Labute approximate surface area is 121 Å². The van der Waals surface area contributed by atoms with Gasteiger partial charge in [-0.25, -0.2) is 8.42 Å². The first kappa shape index (κ1) is 16.7. The Bertz CT molecular complexity index is 427. The van der Waals surface area contributed by atoms with E-state index in [4.69, 9.17) is 5.73 Å². The molecule has 2 fully saturated rings. The molecular weight excluding hydrogens is 288 g/mol. The van der Waals surface area contributed by atoms with Gasteiger partial charge in [-0.15, -0.1) is 12.4 Å². The third-order valence-electron chi connectivity index (χ3n) is 4.38. The molecule has 1 heterocycles. The van der Waals surface area contributed by atoms with E-state index in [1.54, 1.807) is 11.9 Å². The second-order valence-corrected chi connectivity index (χ2v) is 7.77.